The molecule has 0 aromatic rings. The molecule has 0 atom stereocenters. The summed E-state index contributed by atoms with van der Waals surface area (Å²) >= 11 is 0. The number of amides is 1. The Morgan fingerprint density at radius 3 is 2.42 bits per heavy atom. The van der Waals surface area contributed by atoms with Crippen molar-refractivity contribution >= 4 is 5.91 Å². The van der Waals surface area contributed by atoms with Crippen molar-refractivity contribution in [1.29, 1.82) is 0 Å². The molecule has 1 aliphatic heterocycles. The summed E-state index contributed by atoms with van der Waals surface area (Å²) in [5.41, 5.74) is 0.363. The molecule has 0 radical (unpaired) electrons. The van der Waals surface area contributed by atoms with E-state index in [1.54, 1.807) is 0 Å². The van der Waals surface area contributed by atoms with E-state index in [0.29, 0.717) is 11.4 Å². The molecule has 0 saturated heterocycles. The maximum absolute atomic E-state index is 11.2. The van der Waals surface area contributed by atoms with Crippen LogP contribution in [0.5, 0.6) is 0 Å². The van der Waals surface area contributed by atoms with Gasteiger partial charge in [0.25, 0.3) is 5.91 Å². The fourth-order valence-electron chi connectivity index (χ4n) is 1.09. The maximum atomic E-state index is 11.2. The molecular weight excluding hydrogens is 156 g/mol. The number of hydrogen-bond acceptors (Lipinski definition) is 3. The predicted molar refractivity (Wildman–Crippen MR) is 44.9 cm³/mol. The van der Waals surface area contributed by atoms with Gasteiger partial charge >= 0.3 is 0 Å². The van der Waals surface area contributed by atoms with Crippen molar-refractivity contribution in [3.8, 4) is 0 Å². The van der Waals surface area contributed by atoms with Crippen LogP contribution in [-0.4, -0.2) is 11.0 Å². The Morgan fingerprint density at radius 2 is 2.00 bits per heavy atom. The number of nitrogens with one attached hydrogen (secondary N) is 2. The number of hydrogen-bond donors (Lipinski definition) is 3. The minimum atomic E-state index is -0.286. The lowest BCUT2D eigenvalue weighted by molar-refractivity contribution is -0.118. The molecule has 0 saturated carbocycles. The fourth-order valence-corrected chi connectivity index (χ4v) is 1.09. The van der Waals surface area contributed by atoms with Crippen LogP contribution in [0.4, 0.5) is 0 Å². The van der Waals surface area contributed by atoms with Gasteiger partial charge in [-0.3, -0.25) is 4.79 Å². The Hall–Kier alpha value is -1.45. The van der Waals surface area contributed by atoms with E-state index < -0.39 is 0 Å². The van der Waals surface area contributed by atoms with Gasteiger partial charge in [-0.25, -0.2) is 0 Å². The number of carbonyl (C=O) groups is 1. The standard InChI is InChI=1S/C8H12N2O2/c1-4(2)6-7(11)9-5(3)10-8(6)12/h4,9,11H,3H2,1-2H3,(H,10,12). The van der Waals surface area contributed by atoms with Crippen LogP contribution in [0.15, 0.2) is 23.9 Å². The first-order valence-electron chi connectivity index (χ1n) is 3.72. The zero-order chi connectivity index (χ0) is 9.30. The number of aliphatic hydroxyl groups excluding tert-OH is 1. The molecule has 1 aliphatic rings. The molecule has 0 fully saturated rings. The van der Waals surface area contributed by atoms with Crippen LogP contribution >= 0.6 is 0 Å². The molecule has 0 spiro atoms. The molecule has 0 unspecified atom stereocenters. The predicted octanol–water partition coefficient (Wildman–Crippen LogP) is 0.603. The van der Waals surface area contributed by atoms with Crippen molar-refractivity contribution in [3.05, 3.63) is 23.9 Å². The number of carbonyl (C=O) groups excluding carboxylic acids is 1. The summed E-state index contributed by atoms with van der Waals surface area (Å²) in [6.07, 6.45) is 0. The fraction of sp³-hybridized carbons (Fsp3) is 0.375. The van der Waals surface area contributed by atoms with Gasteiger partial charge < -0.3 is 15.7 Å². The Kier molecular flexibility index (Phi) is 2.08. The third-order valence-corrected chi connectivity index (χ3v) is 1.61. The largest absolute Gasteiger partial charge is 0.494 e. The second-order valence-corrected chi connectivity index (χ2v) is 2.97. The lowest BCUT2D eigenvalue weighted by Gasteiger charge is -2.21. The summed E-state index contributed by atoms with van der Waals surface area (Å²) in [6.45, 7) is 7.14. The molecule has 0 aliphatic carbocycles. The zero-order valence-electron chi connectivity index (χ0n) is 7.14. The minimum absolute atomic E-state index is 0.00870. The van der Waals surface area contributed by atoms with Crippen molar-refractivity contribution in [2.75, 3.05) is 0 Å². The highest BCUT2D eigenvalue weighted by atomic mass is 16.3. The second-order valence-electron chi connectivity index (χ2n) is 2.97. The van der Waals surface area contributed by atoms with Crippen LogP contribution in [0.1, 0.15) is 13.8 Å². The third-order valence-electron chi connectivity index (χ3n) is 1.61. The SMILES string of the molecule is C=C1NC(=O)C(C(C)C)=C(O)N1. The number of rotatable bonds is 1. The summed E-state index contributed by atoms with van der Waals surface area (Å²) in [5, 5.41) is 14.4. The third kappa shape index (κ3) is 1.42. The van der Waals surface area contributed by atoms with Crippen molar-refractivity contribution in [3.63, 3.8) is 0 Å². The maximum Gasteiger partial charge on any atom is 0.258 e. The molecule has 1 rings (SSSR count). The highest BCUT2D eigenvalue weighted by Gasteiger charge is 2.23. The van der Waals surface area contributed by atoms with E-state index in [0.717, 1.165) is 0 Å². The van der Waals surface area contributed by atoms with Crippen LogP contribution in [-0.2, 0) is 4.79 Å². The smallest absolute Gasteiger partial charge is 0.258 e. The minimum Gasteiger partial charge on any atom is -0.494 e. The number of aliphatic hydroxyl groups is 1. The van der Waals surface area contributed by atoms with E-state index in [2.05, 4.69) is 17.2 Å². The Bertz CT molecular complexity index is 266. The van der Waals surface area contributed by atoms with Crippen molar-refractivity contribution in [1.82, 2.24) is 10.6 Å². The molecule has 1 heterocycles. The summed E-state index contributed by atoms with van der Waals surface area (Å²) in [7, 11) is 0. The van der Waals surface area contributed by atoms with Gasteiger partial charge in [0.1, 0.15) is 5.82 Å². The lowest BCUT2D eigenvalue weighted by Crippen LogP contribution is -2.39. The van der Waals surface area contributed by atoms with E-state index in [-0.39, 0.29) is 17.7 Å². The molecule has 1 amide bonds. The van der Waals surface area contributed by atoms with E-state index in [4.69, 9.17) is 0 Å². The second kappa shape index (κ2) is 2.89. The average molecular weight is 168 g/mol. The Balaban J connectivity index is 3.01. The highest BCUT2D eigenvalue weighted by molar-refractivity contribution is 5.96. The first-order chi connectivity index (χ1) is 5.52. The molecule has 0 aromatic heterocycles. The van der Waals surface area contributed by atoms with Crippen molar-refractivity contribution in [2.45, 2.75) is 13.8 Å². The lowest BCUT2D eigenvalue weighted by atomic mass is 10.0. The van der Waals surface area contributed by atoms with E-state index in [1.807, 2.05) is 13.8 Å². The molecule has 4 nitrogen and oxygen atoms in total. The van der Waals surface area contributed by atoms with E-state index >= 15 is 0 Å². The van der Waals surface area contributed by atoms with Gasteiger partial charge in [0.05, 0.1) is 5.57 Å². The van der Waals surface area contributed by atoms with Gasteiger partial charge in [-0.2, -0.15) is 0 Å². The van der Waals surface area contributed by atoms with E-state index in [9.17, 15) is 9.90 Å². The van der Waals surface area contributed by atoms with Crippen LogP contribution < -0.4 is 10.6 Å². The Labute approximate surface area is 71.0 Å². The molecule has 4 heteroatoms. The quantitative estimate of drug-likeness (QED) is 0.537. The van der Waals surface area contributed by atoms with Crippen molar-refractivity contribution in [2.24, 2.45) is 5.92 Å². The van der Waals surface area contributed by atoms with Gasteiger partial charge in [0.2, 0.25) is 0 Å². The van der Waals surface area contributed by atoms with E-state index in [1.165, 1.54) is 0 Å². The Morgan fingerprint density at radius 1 is 1.42 bits per heavy atom. The van der Waals surface area contributed by atoms with Crippen LogP contribution in [0, 0.1) is 5.92 Å². The first-order valence-corrected chi connectivity index (χ1v) is 3.72. The average Bonchev–Trinajstić information content (AvgIpc) is 1.82. The summed E-state index contributed by atoms with van der Waals surface area (Å²) in [6, 6.07) is 0. The monoisotopic (exact) mass is 168 g/mol. The van der Waals surface area contributed by atoms with Crippen LogP contribution in [0.2, 0.25) is 0 Å². The highest BCUT2D eigenvalue weighted by Crippen LogP contribution is 2.15. The topological polar surface area (TPSA) is 61.4 Å². The van der Waals surface area contributed by atoms with Crippen molar-refractivity contribution < 1.29 is 9.90 Å². The summed E-state index contributed by atoms with van der Waals surface area (Å²) in [5.74, 6) is -0.0856. The first kappa shape index (κ1) is 8.64. The molecule has 3 N–H and O–H groups in total. The molecule has 0 bridgehead atoms. The zero-order valence-corrected chi connectivity index (χ0v) is 7.14. The van der Waals surface area contributed by atoms with Crippen LogP contribution in [0.3, 0.4) is 0 Å². The molecular formula is C8H12N2O2. The molecule has 0 aromatic carbocycles. The van der Waals surface area contributed by atoms with Gasteiger partial charge in [-0.15, -0.1) is 0 Å². The van der Waals surface area contributed by atoms with Gasteiger partial charge in [0.15, 0.2) is 5.88 Å². The molecule has 66 valence electrons. The summed E-state index contributed by atoms with van der Waals surface area (Å²) < 4.78 is 0. The van der Waals surface area contributed by atoms with Gasteiger partial charge in [-0.05, 0) is 5.92 Å². The summed E-state index contributed by atoms with van der Waals surface area (Å²) in [4.78, 5) is 11.2. The van der Waals surface area contributed by atoms with Gasteiger partial charge in [0, 0.05) is 0 Å². The normalized spacial score (nSPS) is 17.9. The van der Waals surface area contributed by atoms with Crippen LogP contribution in [0.25, 0.3) is 0 Å². The van der Waals surface area contributed by atoms with Gasteiger partial charge in [-0.1, -0.05) is 20.4 Å². The molecule has 12 heavy (non-hydrogen) atoms.